The van der Waals surface area contributed by atoms with Crippen LogP contribution < -0.4 is 10.2 Å². The second kappa shape index (κ2) is 10.0. The molecule has 1 aromatic rings. The molecule has 1 saturated carbocycles. The topological polar surface area (TPSA) is 43.8 Å². The highest BCUT2D eigenvalue weighted by atomic mass is 127. The van der Waals surface area contributed by atoms with Gasteiger partial charge in [0, 0.05) is 63.0 Å². The number of anilines is 1. The van der Waals surface area contributed by atoms with E-state index < -0.39 is 0 Å². The Labute approximate surface area is 179 Å². The fourth-order valence-electron chi connectivity index (χ4n) is 4.00. The van der Waals surface area contributed by atoms with Gasteiger partial charge in [-0.05, 0) is 18.9 Å². The molecule has 2 fully saturated rings. The van der Waals surface area contributed by atoms with Crippen molar-refractivity contribution in [3.8, 4) is 0 Å². The Bertz CT molecular complexity index is 596. The Hall–Kier alpha value is -0.700. The minimum atomic E-state index is 0. The molecule has 1 spiro atoms. The van der Waals surface area contributed by atoms with Crippen LogP contribution in [0, 0.1) is 0 Å². The molecule has 1 aromatic heterocycles. The van der Waals surface area contributed by atoms with E-state index in [9.17, 15) is 0 Å². The third kappa shape index (κ3) is 5.18. The summed E-state index contributed by atoms with van der Waals surface area (Å²) in [5.74, 6) is 3.25. The lowest BCUT2D eigenvalue weighted by atomic mass is 9.87. The molecule has 146 valence electrons. The first kappa shape index (κ1) is 21.6. The summed E-state index contributed by atoms with van der Waals surface area (Å²) in [6.07, 6.45) is 8.74. The lowest BCUT2D eigenvalue weighted by Crippen LogP contribution is -2.53. The Kier molecular flexibility index (Phi) is 8.32. The number of nitrogens with one attached hydrogen (secondary N) is 1. The molecule has 2 heterocycles. The van der Waals surface area contributed by atoms with E-state index in [1.165, 1.54) is 43.4 Å². The Morgan fingerprint density at radius 3 is 2.81 bits per heavy atom. The van der Waals surface area contributed by atoms with Crippen molar-refractivity contribution in [2.45, 2.75) is 43.4 Å². The van der Waals surface area contributed by atoms with Crippen LogP contribution in [0.2, 0.25) is 0 Å². The molecule has 0 unspecified atom stereocenters. The maximum atomic E-state index is 4.57. The van der Waals surface area contributed by atoms with Crippen molar-refractivity contribution in [2.24, 2.45) is 4.99 Å². The first-order valence-corrected chi connectivity index (χ1v) is 10.3. The second-order valence-electron chi connectivity index (χ2n) is 7.30. The van der Waals surface area contributed by atoms with Crippen molar-refractivity contribution in [3.05, 3.63) is 23.9 Å². The molecule has 1 N–H and O–H groups in total. The molecule has 1 aliphatic heterocycles. The average molecular weight is 489 g/mol. The van der Waals surface area contributed by atoms with Crippen LogP contribution in [0.3, 0.4) is 0 Å². The van der Waals surface area contributed by atoms with E-state index in [1.807, 2.05) is 33.4 Å². The summed E-state index contributed by atoms with van der Waals surface area (Å²) >= 11 is 2.20. The molecule has 0 atom stereocenters. The maximum Gasteiger partial charge on any atom is 0.193 e. The van der Waals surface area contributed by atoms with Crippen LogP contribution in [0.4, 0.5) is 5.82 Å². The van der Waals surface area contributed by atoms with Crippen molar-refractivity contribution in [1.82, 2.24) is 15.2 Å². The van der Waals surface area contributed by atoms with Crippen LogP contribution >= 0.6 is 35.7 Å². The molecule has 5 nitrogen and oxygen atoms in total. The Morgan fingerprint density at radius 2 is 2.12 bits per heavy atom. The number of thioether (sulfide) groups is 1. The van der Waals surface area contributed by atoms with Crippen molar-refractivity contribution in [3.63, 3.8) is 0 Å². The summed E-state index contributed by atoms with van der Waals surface area (Å²) in [6, 6.07) is 4.14. The van der Waals surface area contributed by atoms with E-state index in [-0.39, 0.29) is 24.0 Å². The smallest absolute Gasteiger partial charge is 0.193 e. The predicted molar refractivity (Wildman–Crippen MR) is 124 cm³/mol. The van der Waals surface area contributed by atoms with Gasteiger partial charge in [-0.1, -0.05) is 25.3 Å². The van der Waals surface area contributed by atoms with Gasteiger partial charge in [-0.3, -0.25) is 4.99 Å². The normalized spacial score (nSPS) is 19.8. The van der Waals surface area contributed by atoms with Gasteiger partial charge in [0.05, 0.1) is 0 Å². The molecule has 1 saturated heterocycles. The number of aliphatic imine (C=N–C) groups is 1. The van der Waals surface area contributed by atoms with Crippen LogP contribution in [-0.4, -0.2) is 60.6 Å². The number of nitrogens with zero attached hydrogens (tertiary/aromatic N) is 4. The minimum absolute atomic E-state index is 0. The van der Waals surface area contributed by atoms with Crippen LogP contribution in [-0.2, 0) is 6.54 Å². The summed E-state index contributed by atoms with van der Waals surface area (Å²) in [6.45, 7) is 2.97. The first-order chi connectivity index (χ1) is 12.1. The van der Waals surface area contributed by atoms with Gasteiger partial charge in [0.25, 0.3) is 0 Å². The molecule has 0 aromatic carbocycles. The van der Waals surface area contributed by atoms with Crippen LogP contribution in [0.1, 0.15) is 37.7 Å². The van der Waals surface area contributed by atoms with Gasteiger partial charge in [0.2, 0.25) is 0 Å². The van der Waals surface area contributed by atoms with E-state index in [0.29, 0.717) is 4.75 Å². The molecule has 0 amide bonds. The molecule has 0 radical (unpaired) electrons. The summed E-state index contributed by atoms with van der Waals surface area (Å²) in [7, 11) is 5.97. The summed E-state index contributed by atoms with van der Waals surface area (Å²) in [5.41, 5.74) is 1.20. The van der Waals surface area contributed by atoms with E-state index in [4.69, 9.17) is 0 Å². The maximum absolute atomic E-state index is 4.57. The van der Waals surface area contributed by atoms with Crippen LogP contribution in [0.25, 0.3) is 0 Å². The van der Waals surface area contributed by atoms with Gasteiger partial charge >= 0.3 is 0 Å². The second-order valence-corrected chi connectivity index (χ2v) is 8.86. The van der Waals surface area contributed by atoms with Gasteiger partial charge in [-0.15, -0.1) is 24.0 Å². The van der Waals surface area contributed by atoms with Crippen molar-refractivity contribution in [2.75, 3.05) is 44.9 Å². The average Bonchev–Trinajstić information content (AvgIpc) is 2.63. The zero-order valence-electron chi connectivity index (χ0n) is 16.2. The first-order valence-electron chi connectivity index (χ1n) is 9.34. The molecular formula is C19H32IN5S. The number of hydrogen-bond donors (Lipinski definition) is 1. The number of hydrogen-bond acceptors (Lipinski definition) is 4. The Balaban J connectivity index is 0.00000243. The van der Waals surface area contributed by atoms with Gasteiger partial charge < -0.3 is 15.1 Å². The van der Waals surface area contributed by atoms with Gasteiger partial charge in [0.1, 0.15) is 5.82 Å². The summed E-state index contributed by atoms with van der Waals surface area (Å²) < 4.78 is 0.456. The van der Waals surface area contributed by atoms with Gasteiger partial charge in [0.15, 0.2) is 5.96 Å². The van der Waals surface area contributed by atoms with E-state index in [1.54, 1.807) is 0 Å². The van der Waals surface area contributed by atoms with E-state index >= 15 is 0 Å². The zero-order valence-corrected chi connectivity index (χ0v) is 19.3. The van der Waals surface area contributed by atoms with Gasteiger partial charge in [-0.25, -0.2) is 4.98 Å². The monoisotopic (exact) mass is 489 g/mol. The lowest BCUT2D eigenvalue weighted by Gasteiger charge is -2.45. The van der Waals surface area contributed by atoms with Crippen LogP contribution in [0.15, 0.2) is 23.3 Å². The third-order valence-corrected chi connectivity index (χ3v) is 6.79. The zero-order chi connectivity index (χ0) is 17.7. The van der Waals surface area contributed by atoms with Gasteiger partial charge in [-0.2, -0.15) is 11.8 Å². The number of pyridine rings is 1. The lowest BCUT2D eigenvalue weighted by molar-refractivity contribution is 0.293. The number of halogens is 1. The van der Waals surface area contributed by atoms with Crippen molar-refractivity contribution in [1.29, 1.82) is 0 Å². The van der Waals surface area contributed by atoms with E-state index in [0.717, 1.165) is 31.4 Å². The van der Waals surface area contributed by atoms with Crippen molar-refractivity contribution < 1.29 is 0 Å². The largest absolute Gasteiger partial charge is 0.362 e. The van der Waals surface area contributed by atoms with E-state index in [2.05, 4.69) is 42.9 Å². The van der Waals surface area contributed by atoms with Crippen molar-refractivity contribution >= 4 is 47.5 Å². The molecule has 3 rings (SSSR count). The molecule has 2 aliphatic rings. The molecule has 0 bridgehead atoms. The predicted octanol–water partition coefficient (Wildman–Crippen LogP) is 3.59. The fraction of sp³-hybridized carbons (Fsp3) is 0.684. The fourth-order valence-corrected chi connectivity index (χ4v) is 5.57. The Morgan fingerprint density at radius 1 is 1.35 bits per heavy atom. The number of rotatable bonds is 3. The number of aromatic nitrogens is 1. The highest BCUT2D eigenvalue weighted by molar-refractivity contribution is 14.0. The highest BCUT2D eigenvalue weighted by Crippen LogP contribution is 2.42. The quantitative estimate of drug-likeness (QED) is 0.400. The molecule has 26 heavy (non-hydrogen) atoms. The van der Waals surface area contributed by atoms with Crippen LogP contribution in [0.5, 0.6) is 0 Å². The summed E-state index contributed by atoms with van der Waals surface area (Å²) in [5, 5.41) is 3.57. The molecule has 1 aliphatic carbocycles. The highest BCUT2D eigenvalue weighted by Gasteiger charge is 2.38. The third-order valence-electron chi connectivity index (χ3n) is 5.25. The number of guanidine groups is 1. The minimum Gasteiger partial charge on any atom is -0.362 e. The standard InChI is InChI=1S/C19H31N5S.HI/c1-20-18(22-14-16-8-7-11-21-17(16)23(2)3)24-12-13-25-19(15-24)9-5-4-6-10-19;/h7-8,11H,4-6,9-10,12-15H2,1-3H3,(H,20,22);1H. The molecule has 7 heteroatoms. The summed E-state index contributed by atoms with van der Waals surface area (Å²) in [4.78, 5) is 13.6. The SMILES string of the molecule is CN=C(NCc1cccnc1N(C)C)N1CCSC2(CCCCC2)C1.I. The molecular weight excluding hydrogens is 457 g/mol.